The Morgan fingerprint density at radius 1 is 1.33 bits per heavy atom. The molecular formula is C19H22N2O3. The lowest BCUT2D eigenvalue weighted by molar-refractivity contribution is -0.126. The molecule has 1 aromatic carbocycles. The van der Waals surface area contributed by atoms with Crippen LogP contribution in [-0.2, 0) is 16.1 Å². The van der Waals surface area contributed by atoms with Crippen LogP contribution in [0.25, 0.3) is 0 Å². The third-order valence-electron chi connectivity index (χ3n) is 4.36. The maximum absolute atomic E-state index is 12.3. The number of nitrogens with one attached hydrogen (secondary N) is 1. The van der Waals surface area contributed by atoms with Crippen LogP contribution in [0.4, 0.5) is 5.69 Å². The van der Waals surface area contributed by atoms with Crippen molar-refractivity contribution in [3.63, 3.8) is 0 Å². The predicted octanol–water partition coefficient (Wildman–Crippen LogP) is 3.07. The van der Waals surface area contributed by atoms with Crippen LogP contribution in [-0.4, -0.2) is 18.4 Å². The highest BCUT2D eigenvalue weighted by molar-refractivity contribution is 6.00. The van der Waals surface area contributed by atoms with Crippen molar-refractivity contribution >= 4 is 17.5 Å². The van der Waals surface area contributed by atoms with E-state index in [9.17, 15) is 9.59 Å². The minimum absolute atomic E-state index is 0.00550. The molecule has 1 aliphatic heterocycles. The number of rotatable bonds is 5. The predicted molar refractivity (Wildman–Crippen MR) is 91.5 cm³/mol. The fourth-order valence-corrected chi connectivity index (χ4v) is 2.92. The second-order valence-electron chi connectivity index (χ2n) is 6.45. The summed E-state index contributed by atoms with van der Waals surface area (Å²) < 4.78 is 5.20. The van der Waals surface area contributed by atoms with Gasteiger partial charge in [0.25, 0.3) is 0 Å². The Hall–Kier alpha value is -2.56. The summed E-state index contributed by atoms with van der Waals surface area (Å²) in [5, 5.41) is 2.84. The molecular weight excluding hydrogens is 304 g/mol. The van der Waals surface area contributed by atoms with Gasteiger partial charge < -0.3 is 14.6 Å². The van der Waals surface area contributed by atoms with Crippen molar-refractivity contribution in [2.24, 2.45) is 5.92 Å². The molecule has 0 spiro atoms. The molecule has 1 atom stereocenters. The maximum atomic E-state index is 12.3. The van der Waals surface area contributed by atoms with Crippen LogP contribution in [0.3, 0.4) is 0 Å². The molecule has 2 heterocycles. The van der Waals surface area contributed by atoms with Gasteiger partial charge in [-0.3, -0.25) is 9.59 Å². The summed E-state index contributed by atoms with van der Waals surface area (Å²) in [6, 6.07) is 11.6. The van der Waals surface area contributed by atoms with Gasteiger partial charge in [-0.05, 0) is 35.7 Å². The van der Waals surface area contributed by atoms with E-state index in [0.29, 0.717) is 24.8 Å². The molecule has 3 rings (SSSR count). The van der Waals surface area contributed by atoms with Crippen molar-refractivity contribution in [2.45, 2.75) is 32.7 Å². The molecule has 1 aromatic heterocycles. The van der Waals surface area contributed by atoms with Gasteiger partial charge in [0.1, 0.15) is 5.76 Å². The Morgan fingerprint density at radius 2 is 2.17 bits per heavy atom. The van der Waals surface area contributed by atoms with Gasteiger partial charge in [0, 0.05) is 18.7 Å². The number of hydrogen-bond acceptors (Lipinski definition) is 3. The third kappa shape index (κ3) is 3.50. The van der Waals surface area contributed by atoms with Gasteiger partial charge >= 0.3 is 0 Å². The molecule has 0 bridgehead atoms. The quantitative estimate of drug-likeness (QED) is 0.918. The molecule has 1 saturated heterocycles. The zero-order chi connectivity index (χ0) is 17.1. The highest BCUT2D eigenvalue weighted by Crippen LogP contribution is 2.28. The van der Waals surface area contributed by atoms with Crippen molar-refractivity contribution in [1.82, 2.24) is 5.32 Å². The van der Waals surface area contributed by atoms with Gasteiger partial charge in [-0.1, -0.05) is 26.0 Å². The summed E-state index contributed by atoms with van der Waals surface area (Å²) in [6.07, 6.45) is 1.82. The molecule has 0 radical (unpaired) electrons. The van der Waals surface area contributed by atoms with E-state index in [1.807, 2.05) is 24.3 Å². The first-order chi connectivity index (χ1) is 11.5. The fraction of sp³-hybridized carbons (Fsp3) is 0.368. The first-order valence-electron chi connectivity index (χ1n) is 8.25. The van der Waals surface area contributed by atoms with Crippen LogP contribution in [0.1, 0.15) is 37.5 Å². The Morgan fingerprint density at radius 3 is 2.88 bits per heavy atom. The fourth-order valence-electron chi connectivity index (χ4n) is 2.92. The maximum Gasteiger partial charge on any atom is 0.227 e. The molecule has 0 saturated carbocycles. The second-order valence-corrected chi connectivity index (χ2v) is 6.45. The first kappa shape index (κ1) is 16.3. The summed E-state index contributed by atoms with van der Waals surface area (Å²) in [6.45, 7) is 5.01. The minimum Gasteiger partial charge on any atom is -0.467 e. The van der Waals surface area contributed by atoms with E-state index in [-0.39, 0.29) is 24.2 Å². The normalized spacial score (nSPS) is 17.5. The highest BCUT2D eigenvalue weighted by Gasteiger charge is 2.35. The number of amides is 2. The third-order valence-corrected chi connectivity index (χ3v) is 4.36. The van der Waals surface area contributed by atoms with E-state index in [1.54, 1.807) is 17.2 Å². The lowest BCUT2D eigenvalue weighted by Gasteiger charge is -2.18. The zero-order valence-corrected chi connectivity index (χ0v) is 14.0. The van der Waals surface area contributed by atoms with Gasteiger partial charge in [-0.15, -0.1) is 0 Å². The van der Waals surface area contributed by atoms with Gasteiger partial charge in [-0.25, -0.2) is 0 Å². The topological polar surface area (TPSA) is 62.6 Å². The number of hydrogen-bond donors (Lipinski definition) is 1. The summed E-state index contributed by atoms with van der Waals surface area (Å²) >= 11 is 0. The first-order valence-corrected chi connectivity index (χ1v) is 8.25. The summed E-state index contributed by atoms with van der Waals surface area (Å²) in [4.78, 5) is 26.3. The van der Waals surface area contributed by atoms with E-state index in [2.05, 4.69) is 25.2 Å². The van der Waals surface area contributed by atoms with E-state index in [1.165, 1.54) is 5.56 Å². The standard InChI is InChI=1S/C19H22N2O3/c1-13(2)14-5-3-6-16(9-14)21-12-15(10-18(21)22)19(23)20-11-17-7-4-8-24-17/h3-9,13,15H,10-12H2,1-2H3,(H,20,23)/t15-/m0/s1. The van der Waals surface area contributed by atoms with Gasteiger partial charge in [-0.2, -0.15) is 0 Å². The number of anilines is 1. The van der Waals surface area contributed by atoms with Gasteiger partial charge in [0.05, 0.1) is 18.7 Å². The Kier molecular flexibility index (Phi) is 4.69. The van der Waals surface area contributed by atoms with Crippen LogP contribution in [0.2, 0.25) is 0 Å². The summed E-state index contributed by atoms with van der Waals surface area (Å²) in [5.74, 6) is 0.663. The number of carbonyl (C=O) groups is 2. The molecule has 0 unspecified atom stereocenters. The lowest BCUT2D eigenvalue weighted by Crippen LogP contribution is -2.32. The number of benzene rings is 1. The number of carbonyl (C=O) groups excluding carboxylic acids is 2. The average Bonchev–Trinajstić information content (AvgIpc) is 3.22. The summed E-state index contributed by atoms with van der Waals surface area (Å²) in [5.41, 5.74) is 2.05. The zero-order valence-electron chi connectivity index (χ0n) is 14.0. The Labute approximate surface area is 141 Å². The largest absolute Gasteiger partial charge is 0.467 e. The Balaban J connectivity index is 1.64. The molecule has 5 nitrogen and oxygen atoms in total. The molecule has 126 valence electrons. The average molecular weight is 326 g/mol. The number of nitrogens with zero attached hydrogens (tertiary/aromatic N) is 1. The van der Waals surface area contributed by atoms with E-state index >= 15 is 0 Å². The number of furan rings is 1. The SMILES string of the molecule is CC(C)c1cccc(N2C[C@@H](C(=O)NCc3ccco3)CC2=O)c1. The van der Waals surface area contributed by atoms with Crippen molar-refractivity contribution in [2.75, 3.05) is 11.4 Å². The monoisotopic (exact) mass is 326 g/mol. The smallest absolute Gasteiger partial charge is 0.227 e. The van der Waals surface area contributed by atoms with Crippen LogP contribution >= 0.6 is 0 Å². The van der Waals surface area contributed by atoms with Crippen molar-refractivity contribution in [1.29, 1.82) is 0 Å². The molecule has 1 aliphatic rings. The van der Waals surface area contributed by atoms with Crippen molar-refractivity contribution in [3.05, 3.63) is 54.0 Å². The molecule has 24 heavy (non-hydrogen) atoms. The minimum atomic E-state index is -0.324. The molecule has 1 fully saturated rings. The molecule has 2 aromatic rings. The second kappa shape index (κ2) is 6.91. The van der Waals surface area contributed by atoms with Gasteiger partial charge in [0.15, 0.2) is 0 Å². The van der Waals surface area contributed by atoms with E-state index in [4.69, 9.17) is 4.42 Å². The molecule has 0 aliphatic carbocycles. The molecule has 1 N–H and O–H groups in total. The van der Waals surface area contributed by atoms with Crippen LogP contribution < -0.4 is 10.2 Å². The van der Waals surface area contributed by atoms with Crippen molar-refractivity contribution in [3.8, 4) is 0 Å². The highest BCUT2D eigenvalue weighted by atomic mass is 16.3. The molecule has 2 amide bonds. The van der Waals surface area contributed by atoms with E-state index in [0.717, 1.165) is 5.69 Å². The van der Waals surface area contributed by atoms with Crippen LogP contribution in [0, 0.1) is 5.92 Å². The van der Waals surface area contributed by atoms with Crippen molar-refractivity contribution < 1.29 is 14.0 Å². The van der Waals surface area contributed by atoms with Crippen LogP contribution in [0.15, 0.2) is 47.1 Å². The van der Waals surface area contributed by atoms with E-state index < -0.39 is 0 Å². The lowest BCUT2D eigenvalue weighted by atomic mass is 10.0. The summed E-state index contributed by atoms with van der Waals surface area (Å²) in [7, 11) is 0. The molecule has 5 heteroatoms. The Bertz CT molecular complexity index is 722. The van der Waals surface area contributed by atoms with Gasteiger partial charge in [0.2, 0.25) is 11.8 Å². The van der Waals surface area contributed by atoms with Crippen LogP contribution in [0.5, 0.6) is 0 Å².